The van der Waals surface area contributed by atoms with Crippen molar-refractivity contribution in [3.05, 3.63) is 56.2 Å². The van der Waals surface area contributed by atoms with Crippen molar-refractivity contribution in [2.24, 2.45) is 0 Å². The molecule has 1 amide bonds. The van der Waals surface area contributed by atoms with Crippen LogP contribution in [0.15, 0.2) is 34.9 Å². The largest absolute Gasteiger partial charge is 0.404 e. The minimum atomic E-state index is -0.533. The molecule has 1 fully saturated rings. The Labute approximate surface area is 153 Å². The number of aromatic nitrogens is 2. The molecule has 0 aliphatic heterocycles. The molecule has 1 aromatic carbocycles. The fourth-order valence-electron chi connectivity index (χ4n) is 3.11. The number of carbonyl (C=O) groups excluding carboxylic acids is 1. The van der Waals surface area contributed by atoms with E-state index in [1.165, 1.54) is 11.1 Å². The van der Waals surface area contributed by atoms with E-state index in [0.717, 1.165) is 31.2 Å². The van der Waals surface area contributed by atoms with E-state index in [0.29, 0.717) is 16.6 Å². The van der Waals surface area contributed by atoms with Gasteiger partial charge in [0.15, 0.2) is 0 Å². The van der Waals surface area contributed by atoms with Crippen molar-refractivity contribution in [1.29, 1.82) is 0 Å². The zero-order valence-electron chi connectivity index (χ0n) is 13.7. The Morgan fingerprint density at radius 2 is 2.12 bits per heavy atom. The summed E-state index contributed by atoms with van der Waals surface area (Å²) in [5.74, 6) is -0.285. The number of nitro groups is 1. The smallest absolute Gasteiger partial charge is 0.358 e. The number of nitrogens with one attached hydrogen (secondary N) is 1. The maximum Gasteiger partial charge on any atom is 0.404 e. The minimum Gasteiger partial charge on any atom is -0.358 e. The van der Waals surface area contributed by atoms with Gasteiger partial charge in [0.1, 0.15) is 4.47 Å². The van der Waals surface area contributed by atoms with Gasteiger partial charge in [0, 0.05) is 11.6 Å². The summed E-state index contributed by atoms with van der Waals surface area (Å²) in [5, 5.41) is 17.9. The molecule has 0 atom stereocenters. The highest BCUT2D eigenvalue weighted by Gasteiger charge is 2.19. The van der Waals surface area contributed by atoms with Gasteiger partial charge >= 0.3 is 5.82 Å². The van der Waals surface area contributed by atoms with Crippen molar-refractivity contribution in [1.82, 2.24) is 15.1 Å². The van der Waals surface area contributed by atoms with Crippen LogP contribution in [0.5, 0.6) is 0 Å². The third kappa shape index (κ3) is 4.45. The number of hydrogen-bond donors (Lipinski definition) is 1. The summed E-state index contributed by atoms with van der Waals surface area (Å²) in [5.41, 5.74) is 1.46. The van der Waals surface area contributed by atoms with Gasteiger partial charge in [0.05, 0.1) is 17.8 Å². The molecule has 0 spiro atoms. The van der Waals surface area contributed by atoms with Crippen LogP contribution in [0.2, 0.25) is 0 Å². The molecule has 1 heterocycles. The second-order valence-corrected chi connectivity index (χ2v) is 7.12. The van der Waals surface area contributed by atoms with Crippen LogP contribution in [0.1, 0.15) is 48.0 Å². The van der Waals surface area contributed by atoms with E-state index < -0.39 is 4.92 Å². The molecule has 2 aromatic rings. The molecule has 0 saturated heterocycles. The summed E-state index contributed by atoms with van der Waals surface area (Å²) in [4.78, 5) is 22.8. The van der Waals surface area contributed by atoms with Crippen LogP contribution >= 0.6 is 15.9 Å². The van der Waals surface area contributed by atoms with Crippen LogP contribution in [0.25, 0.3) is 0 Å². The van der Waals surface area contributed by atoms with E-state index in [4.69, 9.17) is 0 Å². The molecule has 1 saturated carbocycles. The summed E-state index contributed by atoms with van der Waals surface area (Å²) in [6.45, 7) is 0.358. The lowest BCUT2D eigenvalue weighted by Gasteiger charge is -2.22. The highest BCUT2D eigenvalue weighted by atomic mass is 79.9. The van der Waals surface area contributed by atoms with Gasteiger partial charge in [-0.15, -0.1) is 0 Å². The predicted octanol–water partition coefficient (Wildman–Crippen LogP) is 3.66. The quantitative estimate of drug-likeness (QED) is 0.605. The molecule has 132 valence electrons. The molecule has 0 unspecified atom stereocenters. The van der Waals surface area contributed by atoms with Gasteiger partial charge in [-0.3, -0.25) is 4.79 Å². The molecule has 1 aromatic heterocycles. The molecule has 7 nitrogen and oxygen atoms in total. The zero-order chi connectivity index (χ0) is 17.8. The Balaban J connectivity index is 1.69. The number of rotatable bonds is 5. The standard InChI is InChI=1S/C17H19BrN4O3/c18-15-11-21(20-16(15)22(24)25)10-12-5-4-6-13(9-12)17(23)19-14-7-2-1-3-8-14/h4-6,9,11,14H,1-3,7-8,10H2,(H,19,23). The minimum absolute atomic E-state index is 0.0682. The normalized spacial score (nSPS) is 15.1. The van der Waals surface area contributed by atoms with Gasteiger partial charge in [-0.25, -0.2) is 0 Å². The summed E-state index contributed by atoms with van der Waals surface area (Å²) >= 11 is 3.13. The summed E-state index contributed by atoms with van der Waals surface area (Å²) in [6.07, 6.45) is 7.21. The molecular weight excluding hydrogens is 388 g/mol. The Bertz CT molecular complexity index is 784. The van der Waals surface area contributed by atoms with Crippen LogP contribution in [0.3, 0.4) is 0 Å². The first-order chi connectivity index (χ1) is 12.0. The van der Waals surface area contributed by atoms with E-state index in [2.05, 4.69) is 26.3 Å². The molecular formula is C17H19BrN4O3. The first kappa shape index (κ1) is 17.6. The molecule has 1 N–H and O–H groups in total. The first-order valence-corrected chi connectivity index (χ1v) is 9.09. The van der Waals surface area contributed by atoms with Crippen LogP contribution in [-0.4, -0.2) is 26.7 Å². The van der Waals surface area contributed by atoms with E-state index >= 15 is 0 Å². The lowest BCUT2D eigenvalue weighted by molar-refractivity contribution is -0.390. The molecule has 8 heteroatoms. The number of amides is 1. The summed E-state index contributed by atoms with van der Waals surface area (Å²) < 4.78 is 1.82. The molecule has 1 aliphatic rings. The average molecular weight is 407 g/mol. The Morgan fingerprint density at radius 1 is 1.36 bits per heavy atom. The van der Waals surface area contributed by atoms with E-state index in [-0.39, 0.29) is 17.8 Å². The van der Waals surface area contributed by atoms with Gasteiger partial charge in [-0.2, -0.15) is 4.68 Å². The van der Waals surface area contributed by atoms with Gasteiger partial charge < -0.3 is 15.4 Å². The maximum atomic E-state index is 12.4. The van der Waals surface area contributed by atoms with Crippen LogP contribution < -0.4 is 5.32 Å². The van der Waals surface area contributed by atoms with E-state index in [1.807, 2.05) is 12.1 Å². The van der Waals surface area contributed by atoms with Crippen molar-refractivity contribution in [2.45, 2.75) is 44.7 Å². The van der Waals surface area contributed by atoms with Crippen LogP contribution in [-0.2, 0) is 6.54 Å². The zero-order valence-corrected chi connectivity index (χ0v) is 15.2. The fourth-order valence-corrected chi connectivity index (χ4v) is 3.57. The second-order valence-electron chi connectivity index (χ2n) is 6.26. The molecule has 3 rings (SSSR count). The highest BCUT2D eigenvalue weighted by Crippen LogP contribution is 2.23. The molecule has 1 aliphatic carbocycles. The number of carbonyl (C=O) groups is 1. The number of halogens is 1. The summed E-state index contributed by atoms with van der Waals surface area (Å²) in [6, 6.07) is 7.54. The van der Waals surface area contributed by atoms with Crippen molar-refractivity contribution in [2.75, 3.05) is 0 Å². The lowest BCUT2D eigenvalue weighted by atomic mass is 9.95. The number of hydrogen-bond acceptors (Lipinski definition) is 4. The van der Waals surface area contributed by atoms with Crippen molar-refractivity contribution in [3.63, 3.8) is 0 Å². The van der Waals surface area contributed by atoms with Crippen LogP contribution in [0, 0.1) is 10.1 Å². The summed E-state index contributed by atoms with van der Waals surface area (Å²) in [7, 11) is 0. The topological polar surface area (TPSA) is 90.1 Å². The highest BCUT2D eigenvalue weighted by molar-refractivity contribution is 9.10. The average Bonchev–Trinajstić information content (AvgIpc) is 2.96. The third-order valence-corrected chi connectivity index (χ3v) is 4.91. The Kier molecular flexibility index (Phi) is 5.47. The second kappa shape index (κ2) is 7.77. The van der Waals surface area contributed by atoms with Crippen molar-refractivity contribution >= 4 is 27.7 Å². The third-order valence-electron chi connectivity index (χ3n) is 4.35. The molecule has 25 heavy (non-hydrogen) atoms. The lowest BCUT2D eigenvalue weighted by Crippen LogP contribution is -2.36. The number of nitrogens with zero attached hydrogens (tertiary/aromatic N) is 3. The molecule has 0 bridgehead atoms. The molecule has 0 radical (unpaired) electrons. The van der Waals surface area contributed by atoms with Crippen molar-refractivity contribution in [3.8, 4) is 0 Å². The van der Waals surface area contributed by atoms with E-state index in [1.54, 1.807) is 18.3 Å². The monoisotopic (exact) mass is 406 g/mol. The number of benzene rings is 1. The first-order valence-electron chi connectivity index (χ1n) is 8.30. The SMILES string of the molecule is O=C(NC1CCCCC1)c1cccc(Cn2cc(Br)c([N+](=O)[O-])n2)c1. The van der Waals surface area contributed by atoms with Crippen molar-refractivity contribution < 1.29 is 9.72 Å². The van der Waals surface area contributed by atoms with Crippen LogP contribution in [0.4, 0.5) is 5.82 Å². The Morgan fingerprint density at radius 3 is 2.80 bits per heavy atom. The maximum absolute atomic E-state index is 12.4. The van der Waals surface area contributed by atoms with Gasteiger partial charge in [0.2, 0.25) is 0 Å². The van der Waals surface area contributed by atoms with Gasteiger partial charge in [-0.1, -0.05) is 31.4 Å². The van der Waals surface area contributed by atoms with Gasteiger partial charge in [0.25, 0.3) is 5.91 Å². The Hall–Kier alpha value is -2.22. The fraction of sp³-hybridized carbons (Fsp3) is 0.412. The van der Waals surface area contributed by atoms with Gasteiger partial charge in [-0.05, 0) is 51.4 Å². The van der Waals surface area contributed by atoms with E-state index in [9.17, 15) is 14.9 Å². The predicted molar refractivity (Wildman–Crippen MR) is 96.5 cm³/mol.